The summed E-state index contributed by atoms with van der Waals surface area (Å²) in [5.74, 6) is 0.117. The number of hydrogen-bond acceptors (Lipinski definition) is 4. The number of carbonyl (C=O) groups excluding carboxylic acids is 2. The molecule has 0 unspecified atom stereocenters. The number of carbonyl (C=O) groups is 2. The van der Waals surface area contributed by atoms with Gasteiger partial charge in [0.05, 0.1) is 11.4 Å². The maximum absolute atomic E-state index is 13.1. The van der Waals surface area contributed by atoms with Crippen molar-refractivity contribution in [3.05, 3.63) is 89.0 Å². The first-order chi connectivity index (χ1) is 16.0. The van der Waals surface area contributed by atoms with Gasteiger partial charge in [-0.05, 0) is 54.3 Å². The van der Waals surface area contributed by atoms with Crippen LogP contribution in [0.5, 0.6) is 5.75 Å². The van der Waals surface area contributed by atoms with Crippen molar-refractivity contribution in [3.8, 4) is 5.75 Å². The van der Waals surface area contributed by atoms with Crippen molar-refractivity contribution >= 4 is 28.9 Å². The van der Waals surface area contributed by atoms with Crippen LogP contribution in [0.3, 0.4) is 0 Å². The van der Waals surface area contributed by atoms with Crippen LogP contribution in [0.1, 0.15) is 41.4 Å². The Morgan fingerprint density at radius 2 is 1.85 bits per heavy atom. The van der Waals surface area contributed by atoms with Crippen LogP contribution in [0.2, 0.25) is 0 Å². The van der Waals surface area contributed by atoms with E-state index in [1.54, 1.807) is 18.0 Å². The SMILES string of the molecule is C.CC1=Nc2cc3c(cc2C1)OC[C@H](NC(=O)c1cccc(Cc2ccccc2)c1)C(=O)N3C. The highest BCUT2D eigenvalue weighted by molar-refractivity contribution is 6.04. The van der Waals surface area contributed by atoms with Crippen molar-refractivity contribution in [1.29, 1.82) is 0 Å². The van der Waals surface area contributed by atoms with E-state index in [4.69, 9.17) is 4.74 Å². The molecule has 0 spiro atoms. The Morgan fingerprint density at radius 1 is 1.09 bits per heavy atom. The van der Waals surface area contributed by atoms with Gasteiger partial charge in [0.2, 0.25) is 0 Å². The first-order valence-corrected chi connectivity index (χ1v) is 11.0. The lowest BCUT2D eigenvalue weighted by Crippen LogP contribution is -2.49. The Bertz CT molecular complexity index is 1270. The Hall–Kier alpha value is -3.93. The van der Waals surface area contributed by atoms with E-state index in [0.29, 0.717) is 17.0 Å². The van der Waals surface area contributed by atoms with Gasteiger partial charge in [0, 0.05) is 24.7 Å². The zero-order valence-corrected chi connectivity index (χ0v) is 18.7. The lowest BCUT2D eigenvalue weighted by Gasteiger charge is -2.21. The number of hydrogen-bond donors (Lipinski definition) is 1. The summed E-state index contributed by atoms with van der Waals surface area (Å²) in [4.78, 5) is 32.2. The van der Waals surface area contributed by atoms with E-state index in [9.17, 15) is 9.59 Å². The third-order valence-electron chi connectivity index (χ3n) is 6.06. The highest BCUT2D eigenvalue weighted by Gasteiger charge is 2.32. The Labute approximate surface area is 200 Å². The Balaban J connectivity index is 0.00000274. The summed E-state index contributed by atoms with van der Waals surface area (Å²) < 4.78 is 5.97. The van der Waals surface area contributed by atoms with E-state index in [-0.39, 0.29) is 25.8 Å². The molecule has 6 nitrogen and oxygen atoms in total. The Kier molecular flexibility index (Phi) is 6.50. The van der Waals surface area contributed by atoms with Crippen LogP contribution in [0.15, 0.2) is 71.7 Å². The number of fused-ring (bicyclic) bond motifs is 2. The number of likely N-dealkylation sites (N-methyl/N-ethyl adjacent to an activating group) is 1. The molecule has 0 bridgehead atoms. The predicted molar refractivity (Wildman–Crippen MR) is 135 cm³/mol. The molecule has 0 aromatic heterocycles. The minimum absolute atomic E-state index is 0. The van der Waals surface area contributed by atoms with E-state index in [1.807, 2.05) is 55.5 Å². The number of nitrogens with zero attached hydrogens (tertiary/aromatic N) is 2. The van der Waals surface area contributed by atoms with Gasteiger partial charge in [-0.1, -0.05) is 49.9 Å². The molecule has 0 aliphatic carbocycles. The highest BCUT2D eigenvalue weighted by Crippen LogP contribution is 2.39. The average Bonchev–Trinajstić information content (AvgIpc) is 3.15. The first-order valence-electron chi connectivity index (χ1n) is 11.0. The number of amides is 2. The minimum atomic E-state index is -0.784. The maximum atomic E-state index is 13.1. The van der Waals surface area contributed by atoms with Gasteiger partial charge in [0.25, 0.3) is 11.8 Å². The first kappa shape index (κ1) is 23.2. The molecular formula is C28H29N3O3. The minimum Gasteiger partial charge on any atom is -0.489 e. The molecule has 34 heavy (non-hydrogen) atoms. The zero-order valence-electron chi connectivity index (χ0n) is 18.7. The summed E-state index contributed by atoms with van der Waals surface area (Å²) >= 11 is 0. The maximum Gasteiger partial charge on any atom is 0.252 e. The molecule has 6 heteroatoms. The molecule has 2 aliphatic rings. The van der Waals surface area contributed by atoms with Crippen LogP contribution in [0.4, 0.5) is 11.4 Å². The zero-order chi connectivity index (χ0) is 22.9. The quantitative estimate of drug-likeness (QED) is 0.619. The summed E-state index contributed by atoms with van der Waals surface area (Å²) in [7, 11) is 1.70. The van der Waals surface area contributed by atoms with E-state index < -0.39 is 6.04 Å². The molecule has 2 heterocycles. The van der Waals surface area contributed by atoms with Crippen LogP contribution < -0.4 is 15.0 Å². The molecule has 0 saturated carbocycles. The van der Waals surface area contributed by atoms with Crippen LogP contribution in [0, 0.1) is 0 Å². The predicted octanol–water partition coefficient (Wildman–Crippen LogP) is 4.72. The molecule has 2 amide bonds. The molecule has 2 aliphatic heterocycles. The van der Waals surface area contributed by atoms with E-state index >= 15 is 0 Å². The summed E-state index contributed by atoms with van der Waals surface area (Å²) in [6.07, 6.45) is 1.52. The van der Waals surface area contributed by atoms with Gasteiger partial charge in [-0.25, -0.2) is 0 Å². The van der Waals surface area contributed by atoms with Crippen LogP contribution in [-0.2, 0) is 17.6 Å². The molecule has 174 valence electrons. The van der Waals surface area contributed by atoms with Crippen LogP contribution in [-0.4, -0.2) is 37.2 Å². The second-order valence-corrected chi connectivity index (χ2v) is 8.57. The van der Waals surface area contributed by atoms with Gasteiger partial charge in [-0.15, -0.1) is 0 Å². The van der Waals surface area contributed by atoms with Crippen molar-refractivity contribution in [2.24, 2.45) is 4.99 Å². The second kappa shape index (κ2) is 9.51. The average molecular weight is 456 g/mol. The molecule has 1 N–H and O–H groups in total. The molecule has 3 aromatic rings. The van der Waals surface area contributed by atoms with Crippen molar-refractivity contribution in [3.63, 3.8) is 0 Å². The fourth-order valence-corrected chi connectivity index (χ4v) is 4.34. The lowest BCUT2D eigenvalue weighted by atomic mass is 10.0. The summed E-state index contributed by atoms with van der Waals surface area (Å²) in [6, 6.07) is 20.6. The smallest absolute Gasteiger partial charge is 0.252 e. The highest BCUT2D eigenvalue weighted by atomic mass is 16.5. The van der Waals surface area contributed by atoms with Gasteiger partial charge < -0.3 is 15.0 Å². The largest absolute Gasteiger partial charge is 0.489 e. The van der Waals surface area contributed by atoms with Crippen LogP contribution in [0.25, 0.3) is 0 Å². The number of anilines is 1. The molecule has 0 fully saturated rings. The van der Waals surface area contributed by atoms with Gasteiger partial charge in [-0.2, -0.15) is 0 Å². The van der Waals surface area contributed by atoms with Crippen LogP contribution >= 0.6 is 0 Å². The Morgan fingerprint density at radius 3 is 2.65 bits per heavy atom. The van der Waals surface area contributed by atoms with E-state index in [2.05, 4.69) is 22.4 Å². The van der Waals surface area contributed by atoms with Gasteiger partial charge in [0.15, 0.2) is 0 Å². The summed E-state index contributed by atoms with van der Waals surface area (Å²) in [5.41, 5.74) is 6.39. The van der Waals surface area contributed by atoms with E-state index in [0.717, 1.165) is 35.4 Å². The van der Waals surface area contributed by atoms with Crippen molar-refractivity contribution in [1.82, 2.24) is 5.32 Å². The van der Waals surface area contributed by atoms with Gasteiger partial charge >= 0.3 is 0 Å². The lowest BCUT2D eigenvalue weighted by molar-refractivity contribution is -0.120. The third kappa shape index (κ3) is 4.57. The van der Waals surface area contributed by atoms with Gasteiger partial charge in [0.1, 0.15) is 18.4 Å². The molecule has 0 radical (unpaired) electrons. The molecule has 3 aromatic carbocycles. The molecular weight excluding hydrogens is 426 g/mol. The fraction of sp³-hybridized carbons (Fsp3) is 0.250. The molecule has 0 saturated heterocycles. The van der Waals surface area contributed by atoms with Crippen molar-refractivity contribution in [2.45, 2.75) is 33.2 Å². The normalized spacial score (nSPS) is 16.4. The fourth-order valence-electron chi connectivity index (χ4n) is 4.34. The van der Waals surface area contributed by atoms with Crippen molar-refractivity contribution in [2.75, 3.05) is 18.6 Å². The topological polar surface area (TPSA) is 71.0 Å². The number of nitrogens with one attached hydrogen (secondary N) is 1. The number of aliphatic imine (C=N–C) groups is 1. The number of ether oxygens (including phenoxy) is 1. The molecule has 1 atom stereocenters. The number of benzene rings is 3. The number of rotatable bonds is 4. The second-order valence-electron chi connectivity index (χ2n) is 8.57. The molecule has 5 rings (SSSR count). The summed E-state index contributed by atoms with van der Waals surface area (Å²) in [5, 5.41) is 2.86. The summed E-state index contributed by atoms with van der Waals surface area (Å²) in [6.45, 7) is 2.06. The van der Waals surface area contributed by atoms with E-state index in [1.165, 1.54) is 5.56 Å². The standard InChI is InChI=1S/C27H25N3O3.CH4/c1-17-11-21-14-25-24(15-22(21)28-17)30(2)27(32)23(16-33-25)29-26(31)20-10-6-9-19(13-20)12-18-7-4-3-5-8-18;/h3-10,13-15,23H,11-12,16H2,1-2H3,(H,29,31);1H4/t23-;/m0./s1. The third-order valence-corrected chi connectivity index (χ3v) is 6.06. The monoisotopic (exact) mass is 455 g/mol. The van der Waals surface area contributed by atoms with Crippen molar-refractivity contribution < 1.29 is 14.3 Å². The van der Waals surface area contributed by atoms with Gasteiger partial charge in [-0.3, -0.25) is 14.6 Å².